The lowest BCUT2D eigenvalue weighted by Crippen LogP contribution is -2.33. The van der Waals surface area contributed by atoms with Gasteiger partial charge in [0.2, 0.25) is 0 Å². The van der Waals surface area contributed by atoms with Crippen LogP contribution in [0.5, 0.6) is 0 Å². The van der Waals surface area contributed by atoms with Crippen molar-refractivity contribution in [2.24, 2.45) is 0 Å². The molecule has 0 aromatic heterocycles. The van der Waals surface area contributed by atoms with Crippen molar-refractivity contribution in [3.63, 3.8) is 0 Å². The van der Waals surface area contributed by atoms with E-state index in [2.05, 4.69) is 0 Å². The number of hydrogen-bond donors (Lipinski definition) is 0. The molecule has 19 heavy (non-hydrogen) atoms. The van der Waals surface area contributed by atoms with Crippen LogP contribution in [0.3, 0.4) is 0 Å². The number of likely N-dealkylation sites (N-methyl/N-ethyl adjacent to an activating group) is 1. The lowest BCUT2D eigenvalue weighted by atomic mass is 10.0. The second kappa shape index (κ2) is 7.59. The van der Waals surface area contributed by atoms with Gasteiger partial charge < -0.3 is 9.59 Å². The van der Waals surface area contributed by atoms with Gasteiger partial charge >= 0.3 is 0 Å². The van der Waals surface area contributed by atoms with Crippen LogP contribution in [-0.4, -0.2) is 36.8 Å². The van der Waals surface area contributed by atoms with E-state index in [1.807, 2.05) is 31.0 Å². The average molecular weight is 261 g/mol. The summed E-state index contributed by atoms with van der Waals surface area (Å²) >= 11 is 0. The van der Waals surface area contributed by atoms with Crippen LogP contribution in [-0.2, 0) is 16.1 Å². The largest absolute Gasteiger partial charge is 0.303 e. The highest BCUT2D eigenvalue weighted by Gasteiger charge is 2.16. The van der Waals surface area contributed by atoms with Gasteiger partial charge in [-0.15, -0.1) is 0 Å². The zero-order valence-electron chi connectivity index (χ0n) is 11.3. The quantitative estimate of drug-likeness (QED) is 0.669. The third kappa shape index (κ3) is 4.10. The Balaban J connectivity index is 2.85. The molecule has 4 heteroatoms. The van der Waals surface area contributed by atoms with E-state index >= 15 is 0 Å². The molecule has 1 aromatic carbocycles. The Labute approximate surface area is 113 Å². The maximum Gasteiger partial charge on any atom is 0.150 e. The Hall–Kier alpha value is -1.81. The first-order chi connectivity index (χ1) is 9.13. The van der Waals surface area contributed by atoms with Gasteiger partial charge in [0, 0.05) is 18.5 Å². The van der Waals surface area contributed by atoms with Crippen molar-refractivity contribution in [1.82, 2.24) is 4.90 Å². The summed E-state index contributed by atoms with van der Waals surface area (Å²) in [5.74, 6) is 0. The Morgan fingerprint density at radius 1 is 1.26 bits per heavy atom. The van der Waals surface area contributed by atoms with Crippen LogP contribution in [0, 0.1) is 6.92 Å². The van der Waals surface area contributed by atoms with E-state index in [0.29, 0.717) is 24.9 Å². The number of benzene rings is 1. The van der Waals surface area contributed by atoms with Crippen LogP contribution in [0.15, 0.2) is 18.2 Å². The van der Waals surface area contributed by atoms with Crippen molar-refractivity contribution in [3.8, 4) is 0 Å². The predicted octanol–water partition coefficient (Wildman–Crippen LogP) is 1.79. The topological polar surface area (TPSA) is 54.5 Å². The van der Waals surface area contributed by atoms with Crippen LogP contribution in [0.25, 0.3) is 0 Å². The van der Waals surface area contributed by atoms with Crippen molar-refractivity contribution >= 4 is 18.9 Å². The summed E-state index contributed by atoms with van der Waals surface area (Å²) in [7, 11) is 1.82. The second-order valence-electron chi connectivity index (χ2n) is 4.62. The number of carbonyl (C=O) groups excluding carboxylic acids is 3. The average Bonchev–Trinajstić information content (AvgIpc) is 2.42. The molecule has 0 saturated carbocycles. The van der Waals surface area contributed by atoms with E-state index in [0.717, 1.165) is 30.0 Å². The normalized spacial score (nSPS) is 12.2. The van der Waals surface area contributed by atoms with Gasteiger partial charge in [-0.1, -0.05) is 18.2 Å². The fourth-order valence-corrected chi connectivity index (χ4v) is 2.05. The molecule has 0 radical (unpaired) electrons. The van der Waals surface area contributed by atoms with E-state index in [9.17, 15) is 14.4 Å². The molecular formula is C15H19NO3. The van der Waals surface area contributed by atoms with Crippen molar-refractivity contribution in [3.05, 3.63) is 34.9 Å². The molecule has 0 aliphatic rings. The Morgan fingerprint density at radius 2 is 2.00 bits per heavy atom. The second-order valence-corrected chi connectivity index (χ2v) is 4.62. The smallest absolute Gasteiger partial charge is 0.150 e. The molecule has 0 fully saturated rings. The fraction of sp³-hybridized carbons (Fsp3) is 0.400. The summed E-state index contributed by atoms with van der Waals surface area (Å²) in [5.41, 5.74) is 2.60. The zero-order chi connectivity index (χ0) is 14.3. The fourth-order valence-electron chi connectivity index (χ4n) is 2.05. The molecule has 1 rings (SSSR count). The van der Waals surface area contributed by atoms with Crippen LogP contribution < -0.4 is 0 Å². The zero-order valence-corrected chi connectivity index (χ0v) is 11.3. The number of aldehydes is 3. The minimum absolute atomic E-state index is 0.302. The highest BCUT2D eigenvalue weighted by molar-refractivity contribution is 5.77. The van der Waals surface area contributed by atoms with Crippen molar-refractivity contribution in [1.29, 1.82) is 0 Å². The lowest BCUT2D eigenvalue weighted by Gasteiger charge is -2.24. The van der Waals surface area contributed by atoms with Gasteiger partial charge in [-0.25, -0.2) is 0 Å². The first-order valence-electron chi connectivity index (χ1n) is 6.26. The molecule has 1 unspecified atom stereocenters. The van der Waals surface area contributed by atoms with E-state index in [1.165, 1.54) is 0 Å². The molecule has 0 saturated heterocycles. The first-order valence-corrected chi connectivity index (χ1v) is 6.26. The lowest BCUT2D eigenvalue weighted by molar-refractivity contribution is -0.113. The number of rotatable bonds is 8. The Bertz CT molecular complexity index is 457. The molecule has 0 aliphatic carbocycles. The van der Waals surface area contributed by atoms with E-state index in [1.54, 1.807) is 6.07 Å². The molecule has 1 aromatic rings. The summed E-state index contributed by atoms with van der Waals surface area (Å²) < 4.78 is 0. The Kier molecular flexibility index (Phi) is 6.09. The van der Waals surface area contributed by atoms with Crippen molar-refractivity contribution in [2.75, 3.05) is 7.05 Å². The Morgan fingerprint density at radius 3 is 2.58 bits per heavy atom. The van der Waals surface area contributed by atoms with Gasteiger partial charge in [0.15, 0.2) is 0 Å². The number of nitrogens with zero attached hydrogens (tertiary/aromatic N) is 1. The monoisotopic (exact) mass is 261 g/mol. The summed E-state index contributed by atoms with van der Waals surface area (Å²) in [6, 6.07) is 5.25. The van der Waals surface area contributed by atoms with E-state index in [4.69, 9.17) is 0 Å². The summed E-state index contributed by atoms with van der Waals surface area (Å²) in [6.45, 7) is 2.46. The standard InChI is InChI=1S/C15H19NO3/c1-12-5-3-6-13(10-18)15(12)9-16(2)14(11-19)7-4-8-17/h3,5-6,8,10-11,14H,4,7,9H2,1-2H3. The third-order valence-electron chi connectivity index (χ3n) is 3.28. The van der Waals surface area contributed by atoms with Gasteiger partial charge in [0.25, 0.3) is 0 Å². The highest BCUT2D eigenvalue weighted by atomic mass is 16.1. The first kappa shape index (κ1) is 15.2. The number of aryl methyl sites for hydroxylation is 1. The van der Waals surface area contributed by atoms with Gasteiger partial charge in [0.1, 0.15) is 18.9 Å². The molecule has 4 nitrogen and oxygen atoms in total. The molecule has 0 aliphatic heterocycles. The van der Waals surface area contributed by atoms with Crippen LogP contribution in [0.1, 0.15) is 34.3 Å². The summed E-state index contributed by atoms with van der Waals surface area (Å²) in [5, 5.41) is 0. The summed E-state index contributed by atoms with van der Waals surface area (Å²) in [4.78, 5) is 34.3. The van der Waals surface area contributed by atoms with Crippen molar-refractivity contribution < 1.29 is 14.4 Å². The maximum absolute atomic E-state index is 11.1. The molecule has 0 spiro atoms. The molecule has 0 bridgehead atoms. The number of hydrogen-bond acceptors (Lipinski definition) is 4. The van der Waals surface area contributed by atoms with Gasteiger partial charge in [0.05, 0.1) is 6.04 Å². The van der Waals surface area contributed by atoms with E-state index < -0.39 is 0 Å². The maximum atomic E-state index is 11.1. The molecule has 0 N–H and O–H groups in total. The molecule has 0 amide bonds. The number of carbonyl (C=O) groups is 3. The van der Waals surface area contributed by atoms with Crippen LogP contribution >= 0.6 is 0 Å². The van der Waals surface area contributed by atoms with Crippen molar-refractivity contribution in [2.45, 2.75) is 32.4 Å². The van der Waals surface area contributed by atoms with Crippen LogP contribution in [0.4, 0.5) is 0 Å². The molecular weight excluding hydrogens is 242 g/mol. The van der Waals surface area contributed by atoms with E-state index in [-0.39, 0.29) is 6.04 Å². The third-order valence-corrected chi connectivity index (χ3v) is 3.28. The summed E-state index contributed by atoms with van der Waals surface area (Å²) in [6.07, 6.45) is 3.36. The molecule has 102 valence electrons. The minimum Gasteiger partial charge on any atom is -0.303 e. The SMILES string of the molecule is Cc1cccc(C=O)c1CN(C)C(C=O)CCC=O. The van der Waals surface area contributed by atoms with Gasteiger partial charge in [-0.2, -0.15) is 0 Å². The van der Waals surface area contributed by atoms with Crippen LogP contribution in [0.2, 0.25) is 0 Å². The molecule has 0 heterocycles. The van der Waals surface area contributed by atoms with Gasteiger partial charge in [-0.3, -0.25) is 9.69 Å². The minimum atomic E-state index is -0.302. The predicted molar refractivity (Wildman–Crippen MR) is 73.2 cm³/mol. The molecule has 1 atom stereocenters. The highest BCUT2D eigenvalue weighted by Crippen LogP contribution is 2.16. The van der Waals surface area contributed by atoms with Gasteiger partial charge in [-0.05, 0) is 31.5 Å².